The van der Waals surface area contributed by atoms with Gasteiger partial charge in [0.15, 0.2) is 0 Å². The van der Waals surface area contributed by atoms with Gasteiger partial charge in [-0.15, -0.1) is 10.2 Å². The molecule has 0 aliphatic carbocycles. The summed E-state index contributed by atoms with van der Waals surface area (Å²) < 4.78 is 4.58. The minimum Gasteiger partial charge on any atom is -0.469 e. The third-order valence-electron chi connectivity index (χ3n) is 3.72. The Balaban J connectivity index is 1.69. The van der Waals surface area contributed by atoms with Crippen molar-refractivity contribution in [1.82, 2.24) is 15.5 Å². The number of ether oxygens (including phenoxy) is 1. The normalized spacial score (nSPS) is 15.5. The zero-order valence-corrected chi connectivity index (χ0v) is 13.6. The number of amides is 1. The Morgan fingerprint density at radius 2 is 2.09 bits per heavy atom. The molecule has 0 aromatic carbocycles. The van der Waals surface area contributed by atoms with Crippen LogP contribution in [0.25, 0.3) is 0 Å². The molecule has 7 nitrogen and oxygen atoms in total. The Bertz CT molecular complexity index is 500. The molecule has 0 bridgehead atoms. The molecule has 0 saturated carbocycles. The lowest BCUT2D eigenvalue weighted by Gasteiger charge is -2.21. The number of hydrogen-bond acceptors (Lipinski definition) is 7. The molecule has 2 rings (SSSR count). The first-order valence-electron chi connectivity index (χ1n) is 7.57. The third kappa shape index (κ3) is 5.69. The van der Waals surface area contributed by atoms with Crippen LogP contribution in [0.15, 0.2) is 0 Å². The first-order chi connectivity index (χ1) is 10.7. The average Bonchev–Trinajstić information content (AvgIpc) is 2.99. The lowest BCUT2D eigenvalue weighted by molar-refractivity contribution is -0.140. The number of anilines is 1. The molecule has 0 atom stereocenters. The number of rotatable bonds is 7. The summed E-state index contributed by atoms with van der Waals surface area (Å²) >= 11 is 1.30. The van der Waals surface area contributed by atoms with E-state index in [0.29, 0.717) is 23.9 Å². The Kier molecular flexibility index (Phi) is 6.73. The molecule has 0 radical (unpaired) electrons. The molecule has 1 fully saturated rings. The van der Waals surface area contributed by atoms with E-state index in [1.165, 1.54) is 18.4 Å². The molecule has 0 spiro atoms. The number of methoxy groups -OCH3 is 1. The summed E-state index contributed by atoms with van der Waals surface area (Å²) in [6.45, 7) is 2.10. The van der Waals surface area contributed by atoms with E-state index in [1.54, 1.807) is 0 Å². The van der Waals surface area contributed by atoms with E-state index >= 15 is 0 Å². The van der Waals surface area contributed by atoms with Crippen LogP contribution >= 0.6 is 11.3 Å². The molecule has 1 saturated heterocycles. The predicted octanol–water partition coefficient (Wildman–Crippen LogP) is 1.36. The van der Waals surface area contributed by atoms with Gasteiger partial charge in [-0.25, -0.2) is 0 Å². The summed E-state index contributed by atoms with van der Waals surface area (Å²) in [5.74, 6) is 0.342. The molecule has 0 unspecified atom stereocenters. The van der Waals surface area contributed by atoms with E-state index in [-0.39, 0.29) is 18.3 Å². The molecule has 1 amide bonds. The zero-order valence-electron chi connectivity index (χ0n) is 12.8. The second kappa shape index (κ2) is 8.79. The van der Waals surface area contributed by atoms with Crippen LogP contribution in [0.5, 0.6) is 0 Å². The smallest absolute Gasteiger partial charge is 0.305 e. The summed E-state index contributed by atoms with van der Waals surface area (Å²) in [4.78, 5) is 23.0. The third-order valence-corrected chi connectivity index (χ3v) is 4.62. The summed E-state index contributed by atoms with van der Waals surface area (Å²) in [5, 5.41) is 15.2. The first kappa shape index (κ1) is 16.8. The fourth-order valence-corrected chi connectivity index (χ4v) is 3.16. The lowest BCUT2D eigenvalue weighted by atomic mass is 9.93. The van der Waals surface area contributed by atoms with Crippen molar-refractivity contribution in [2.75, 3.05) is 25.5 Å². The van der Waals surface area contributed by atoms with E-state index in [9.17, 15) is 9.59 Å². The van der Waals surface area contributed by atoms with Crippen molar-refractivity contribution in [3.05, 3.63) is 5.01 Å². The standard InChI is InChI=1S/C14H22N4O3S/c1-21-13(20)5-4-12-17-18-14(22-12)16-11(19)3-2-10-6-8-15-9-7-10/h10,15H,2-9H2,1H3,(H,16,18,19). The second-order valence-electron chi connectivity index (χ2n) is 5.36. The van der Waals surface area contributed by atoms with Crippen molar-refractivity contribution in [2.45, 2.75) is 38.5 Å². The number of piperidine rings is 1. The Morgan fingerprint density at radius 3 is 2.82 bits per heavy atom. The topological polar surface area (TPSA) is 93.2 Å². The predicted molar refractivity (Wildman–Crippen MR) is 83.7 cm³/mol. The Morgan fingerprint density at radius 1 is 1.32 bits per heavy atom. The summed E-state index contributed by atoms with van der Waals surface area (Å²) in [5.41, 5.74) is 0. The van der Waals surface area contributed by atoms with Crippen molar-refractivity contribution in [3.63, 3.8) is 0 Å². The largest absolute Gasteiger partial charge is 0.469 e. The van der Waals surface area contributed by atoms with E-state index in [0.717, 1.165) is 37.4 Å². The van der Waals surface area contributed by atoms with Crippen LogP contribution in [0.4, 0.5) is 5.13 Å². The number of aromatic nitrogens is 2. The number of esters is 1. The Hall–Kier alpha value is -1.54. The maximum atomic E-state index is 11.9. The summed E-state index contributed by atoms with van der Waals surface area (Å²) in [6.07, 6.45) is 4.47. The molecule has 1 aliphatic heterocycles. The molecule has 2 heterocycles. The van der Waals surface area contributed by atoms with Gasteiger partial charge in [-0.1, -0.05) is 11.3 Å². The van der Waals surface area contributed by atoms with Gasteiger partial charge >= 0.3 is 5.97 Å². The van der Waals surface area contributed by atoms with Crippen molar-refractivity contribution < 1.29 is 14.3 Å². The lowest BCUT2D eigenvalue weighted by Crippen LogP contribution is -2.28. The van der Waals surface area contributed by atoms with Crippen LogP contribution in [0, 0.1) is 5.92 Å². The van der Waals surface area contributed by atoms with E-state index in [4.69, 9.17) is 0 Å². The van der Waals surface area contributed by atoms with Crippen LogP contribution in [0.1, 0.15) is 37.1 Å². The molecule has 2 N–H and O–H groups in total. The van der Waals surface area contributed by atoms with Gasteiger partial charge in [0.05, 0.1) is 13.5 Å². The molecular weight excluding hydrogens is 304 g/mol. The van der Waals surface area contributed by atoms with Crippen LogP contribution in [-0.2, 0) is 20.7 Å². The number of carbonyl (C=O) groups is 2. The fourth-order valence-electron chi connectivity index (χ4n) is 2.40. The highest BCUT2D eigenvalue weighted by Crippen LogP contribution is 2.20. The van der Waals surface area contributed by atoms with Crippen molar-refractivity contribution >= 4 is 28.3 Å². The number of aryl methyl sites for hydroxylation is 1. The van der Waals surface area contributed by atoms with E-state index in [2.05, 4.69) is 25.6 Å². The SMILES string of the molecule is COC(=O)CCc1nnc(NC(=O)CCC2CCNCC2)s1. The number of carbonyl (C=O) groups excluding carboxylic acids is 2. The van der Waals surface area contributed by atoms with E-state index in [1.807, 2.05) is 0 Å². The Labute approximate surface area is 133 Å². The highest BCUT2D eigenvalue weighted by Gasteiger charge is 2.15. The van der Waals surface area contributed by atoms with Crippen molar-refractivity contribution in [1.29, 1.82) is 0 Å². The van der Waals surface area contributed by atoms with Gasteiger partial charge in [-0.05, 0) is 38.3 Å². The van der Waals surface area contributed by atoms with Gasteiger partial charge in [-0.3, -0.25) is 9.59 Å². The van der Waals surface area contributed by atoms with Gasteiger partial charge in [0.25, 0.3) is 0 Å². The summed E-state index contributed by atoms with van der Waals surface area (Å²) in [6, 6.07) is 0. The monoisotopic (exact) mass is 326 g/mol. The van der Waals surface area contributed by atoms with Gasteiger partial charge in [0, 0.05) is 12.8 Å². The molecule has 1 aromatic rings. The van der Waals surface area contributed by atoms with Crippen molar-refractivity contribution in [2.24, 2.45) is 5.92 Å². The minimum atomic E-state index is -0.275. The summed E-state index contributed by atoms with van der Waals surface area (Å²) in [7, 11) is 1.36. The maximum Gasteiger partial charge on any atom is 0.305 e. The zero-order chi connectivity index (χ0) is 15.8. The first-order valence-corrected chi connectivity index (χ1v) is 8.39. The van der Waals surface area contributed by atoms with Gasteiger partial charge in [0.1, 0.15) is 5.01 Å². The highest BCUT2D eigenvalue weighted by molar-refractivity contribution is 7.15. The molecule has 22 heavy (non-hydrogen) atoms. The van der Waals surface area contributed by atoms with Crippen LogP contribution in [0.2, 0.25) is 0 Å². The fraction of sp³-hybridized carbons (Fsp3) is 0.714. The second-order valence-corrected chi connectivity index (χ2v) is 6.42. The van der Waals surface area contributed by atoms with Crippen LogP contribution in [-0.4, -0.2) is 42.3 Å². The van der Waals surface area contributed by atoms with Gasteiger partial charge in [0.2, 0.25) is 11.0 Å². The molecular formula is C14H22N4O3S. The number of nitrogens with zero attached hydrogens (tertiary/aromatic N) is 2. The average molecular weight is 326 g/mol. The molecule has 122 valence electrons. The molecule has 1 aliphatic rings. The highest BCUT2D eigenvalue weighted by atomic mass is 32.1. The maximum absolute atomic E-state index is 11.9. The number of hydrogen-bond donors (Lipinski definition) is 2. The van der Waals surface area contributed by atoms with Crippen LogP contribution < -0.4 is 10.6 Å². The van der Waals surface area contributed by atoms with Crippen molar-refractivity contribution in [3.8, 4) is 0 Å². The van der Waals surface area contributed by atoms with E-state index < -0.39 is 0 Å². The quantitative estimate of drug-likeness (QED) is 0.735. The minimum absolute atomic E-state index is 0.0193. The molecule has 1 aromatic heterocycles. The number of nitrogens with one attached hydrogen (secondary N) is 2. The van der Waals surface area contributed by atoms with Crippen LogP contribution in [0.3, 0.4) is 0 Å². The van der Waals surface area contributed by atoms with Gasteiger partial charge < -0.3 is 15.4 Å². The molecule has 8 heteroatoms. The van der Waals surface area contributed by atoms with Gasteiger partial charge in [-0.2, -0.15) is 0 Å².